The number of fused-ring (bicyclic) bond motifs is 1. The summed E-state index contributed by atoms with van der Waals surface area (Å²) in [6, 6.07) is -0.00710. The van der Waals surface area contributed by atoms with Crippen LogP contribution in [0.25, 0.3) is 0 Å². The highest BCUT2D eigenvalue weighted by Gasteiger charge is 2.57. The number of hydrogen-bond donors (Lipinski definition) is 4. The smallest absolute Gasteiger partial charge is 0.449 e. The summed E-state index contributed by atoms with van der Waals surface area (Å²) >= 11 is 1.58. The number of hydrogen-bond acceptors (Lipinski definition) is 8. The summed E-state index contributed by atoms with van der Waals surface area (Å²) in [7, 11) is 3.55. The highest BCUT2D eigenvalue weighted by Crippen LogP contribution is 2.49. The van der Waals surface area contributed by atoms with Crippen molar-refractivity contribution in [2.24, 2.45) is 11.8 Å². The highest BCUT2D eigenvalue weighted by atomic mass is 32.2. The Labute approximate surface area is 191 Å². The normalized spacial score (nSPS) is 35.0. The molecule has 0 radical (unpaired) electrons. The molecule has 4 rings (SSSR count). The van der Waals surface area contributed by atoms with Crippen LogP contribution in [-0.2, 0) is 14.3 Å². The number of carbonyl (C=O) groups excluding carboxylic acids is 2. The van der Waals surface area contributed by atoms with E-state index in [0.717, 1.165) is 37.3 Å². The number of nitrogens with zero attached hydrogens (tertiary/aromatic N) is 2. The topological polar surface area (TPSA) is 131 Å². The lowest BCUT2D eigenvalue weighted by molar-refractivity contribution is -0.161. The Morgan fingerprint density at radius 2 is 2.03 bits per heavy atom. The third-order valence-corrected chi connectivity index (χ3v) is 8.21. The molecule has 3 fully saturated rings. The van der Waals surface area contributed by atoms with E-state index >= 15 is 0 Å². The maximum atomic E-state index is 12.4. The molecule has 0 aromatic carbocycles. The van der Waals surface area contributed by atoms with Crippen molar-refractivity contribution in [3.63, 3.8) is 0 Å². The molecule has 4 aliphatic heterocycles. The van der Waals surface area contributed by atoms with E-state index < -0.39 is 18.2 Å². The van der Waals surface area contributed by atoms with Gasteiger partial charge in [-0.2, -0.15) is 0 Å². The lowest BCUT2D eigenvalue weighted by atomic mass is 9.84. The molecule has 0 bridgehead atoms. The van der Waals surface area contributed by atoms with E-state index in [2.05, 4.69) is 10.6 Å². The Morgan fingerprint density at radius 1 is 1.28 bits per heavy atom. The van der Waals surface area contributed by atoms with Crippen molar-refractivity contribution < 1.29 is 29.3 Å². The fraction of sp³-hybridized carbons (Fsp3) is 0.762. The molecule has 178 valence electrons. The van der Waals surface area contributed by atoms with Gasteiger partial charge >= 0.3 is 6.16 Å². The fourth-order valence-corrected chi connectivity index (χ4v) is 6.82. The van der Waals surface area contributed by atoms with E-state index in [1.54, 1.807) is 37.7 Å². The zero-order chi connectivity index (χ0) is 23.2. The molecule has 7 atom stereocenters. The minimum Gasteiger partial charge on any atom is -0.449 e. The van der Waals surface area contributed by atoms with E-state index in [4.69, 9.17) is 9.84 Å². The third-order valence-electron chi connectivity index (χ3n) is 6.89. The standard InChI is InChI=1S/C21H32N4O6S/c1-10(26)17-15-7-16(20(31-21(29)30)25(15)19(17)28)32-13-6-12(22-9-13)4-11-5-14(23-8-11)18(27)24(2)3/h10-15,17,22-23,26H,4-9H2,1-3H3,(H,29,30)/t10-,11?,12-,13+,14+,15-,17-/m1/s1. The Balaban J connectivity index is 1.33. The van der Waals surface area contributed by atoms with Crippen LogP contribution in [0.5, 0.6) is 0 Å². The van der Waals surface area contributed by atoms with Gasteiger partial charge in [-0.15, -0.1) is 11.8 Å². The van der Waals surface area contributed by atoms with Gasteiger partial charge < -0.3 is 30.5 Å². The minimum absolute atomic E-state index is 0.107. The lowest BCUT2D eigenvalue weighted by Crippen LogP contribution is -2.61. The second kappa shape index (κ2) is 9.20. The maximum absolute atomic E-state index is 12.4. The first-order valence-corrected chi connectivity index (χ1v) is 12.0. The van der Waals surface area contributed by atoms with Gasteiger partial charge in [-0.3, -0.25) is 14.5 Å². The maximum Gasteiger partial charge on any atom is 0.512 e. The summed E-state index contributed by atoms with van der Waals surface area (Å²) in [5.41, 5.74) is 0. The number of thioether (sulfide) groups is 1. The Kier molecular flexibility index (Phi) is 6.71. The van der Waals surface area contributed by atoms with Gasteiger partial charge in [-0.1, -0.05) is 0 Å². The van der Waals surface area contributed by atoms with Gasteiger partial charge in [0.05, 0.1) is 24.1 Å². The summed E-state index contributed by atoms with van der Waals surface area (Å²) in [6.07, 6.45) is 1.04. The SMILES string of the molecule is C[C@@H](O)[C@H]1C(=O)N2C(OC(=O)O)=C(S[C@@H]3CN[C@H](CC4CN[C@H](C(=O)N(C)C)C4)C3)C[C@H]12. The Bertz CT molecular complexity index is 818. The molecule has 1 unspecified atom stereocenters. The van der Waals surface area contributed by atoms with Crippen molar-refractivity contribution in [2.45, 2.75) is 62.1 Å². The quantitative estimate of drug-likeness (QED) is 0.309. The van der Waals surface area contributed by atoms with Crippen molar-refractivity contribution >= 4 is 29.7 Å². The highest BCUT2D eigenvalue weighted by molar-refractivity contribution is 8.03. The molecule has 0 aromatic heterocycles. The van der Waals surface area contributed by atoms with Crippen molar-refractivity contribution in [2.75, 3.05) is 27.2 Å². The molecular weight excluding hydrogens is 436 g/mol. The van der Waals surface area contributed by atoms with Gasteiger partial charge in [-0.05, 0) is 38.6 Å². The van der Waals surface area contributed by atoms with Gasteiger partial charge in [0.2, 0.25) is 17.7 Å². The van der Waals surface area contributed by atoms with Gasteiger partial charge in [0.1, 0.15) is 0 Å². The first-order valence-electron chi connectivity index (χ1n) is 11.1. The van der Waals surface area contributed by atoms with Crippen molar-refractivity contribution in [3.05, 3.63) is 10.8 Å². The van der Waals surface area contributed by atoms with Crippen LogP contribution < -0.4 is 10.6 Å². The number of likely N-dealkylation sites (N-methyl/N-ethyl adjacent to an activating group) is 1. The molecule has 11 heteroatoms. The molecule has 0 aromatic rings. The number of carbonyl (C=O) groups is 3. The molecule has 0 saturated carbocycles. The average Bonchev–Trinajstić information content (AvgIpc) is 3.40. The largest absolute Gasteiger partial charge is 0.512 e. The van der Waals surface area contributed by atoms with Crippen molar-refractivity contribution in [1.29, 1.82) is 0 Å². The number of nitrogens with one attached hydrogen (secondary N) is 2. The number of aliphatic hydroxyl groups is 1. The Morgan fingerprint density at radius 3 is 2.69 bits per heavy atom. The van der Waals surface area contributed by atoms with Crippen LogP contribution in [0.2, 0.25) is 0 Å². The number of aliphatic hydroxyl groups excluding tert-OH is 1. The molecule has 4 heterocycles. The summed E-state index contributed by atoms with van der Waals surface area (Å²) in [5.74, 6) is -0.123. The first-order chi connectivity index (χ1) is 15.2. The first kappa shape index (κ1) is 23.3. The molecule has 4 N–H and O–H groups in total. The van der Waals surface area contributed by atoms with Crippen LogP contribution in [0.4, 0.5) is 4.79 Å². The van der Waals surface area contributed by atoms with Crippen molar-refractivity contribution in [1.82, 2.24) is 20.4 Å². The Hall–Kier alpha value is -1.82. The predicted octanol–water partition coefficient (Wildman–Crippen LogP) is 0.382. The monoisotopic (exact) mass is 468 g/mol. The van der Waals surface area contributed by atoms with Gasteiger partial charge in [-0.25, -0.2) is 4.79 Å². The van der Waals surface area contributed by atoms with Gasteiger partial charge in [0.15, 0.2) is 0 Å². The summed E-state index contributed by atoms with van der Waals surface area (Å²) < 4.78 is 4.99. The molecule has 10 nitrogen and oxygen atoms in total. The molecule has 0 aliphatic carbocycles. The number of rotatable bonds is 7. The molecule has 3 saturated heterocycles. The van der Waals surface area contributed by atoms with Gasteiger partial charge in [0, 0.05) is 43.3 Å². The third kappa shape index (κ3) is 4.48. The summed E-state index contributed by atoms with van der Waals surface area (Å²) in [4.78, 5) is 39.6. The molecular formula is C21H32N4O6S. The average molecular weight is 469 g/mol. The fourth-order valence-electron chi connectivity index (χ4n) is 5.41. The predicted molar refractivity (Wildman–Crippen MR) is 118 cm³/mol. The lowest BCUT2D eigenvalue weighted by Gasteiger charge is -2.44. The summed E-state index contributed by atoms with van der Waals surface area (Å²) in [6.45, 7) is 3.21. The zero-order valence-corrected chi connectivity index (χ0v) is 19.4. The van der Waals surface area contributed by atoms with Crippen molar-refractivity contribution in [3.8, 4) is 0 Å². The van der Waals surface area contributed by atoms with Crippen LogP contribution in [0.15, 0.2) is 10.8 Å². The number of β-lactam (4-membered cyclic amide) rings is 1. The molecule has 4 aliphatic rings. The van der Waals surface area contributed by atoms with Crippen LogP contribution in [-0.4, -0.2) is 94.6 Å². The van der Waals surface area contributed by atoms with E-state index in [-0.39, 0.29) is 35.0 Å². The second-order valence-electron chi connectivity index (χ2n) is 9.45. The van der Waals surface area contributed by atoms with Crippen LogP contribution in [0, 0.1) is 11.8 Å². The van der Waals surface area contributed by atoms with Crippen LogP contribution in [0.3, 0.4) is 0 Å². The number of amides is 2. The van der Waals surface area contributed by atoms with Gasteiger partial charge in [0.25, 0.3) is 0 Å². The molecule has 2 amide bonds. The number of ether oxygens (including phenoxy) is 1. The number of carboxylic acid groups (broad SMARTS) is 1. The molecule has 32 heavy (non-hydrogen) atoms. The van der Waals surface area contributed by atoms with E-state index in [1.165, 1.54) is 4.90 Å². The van der Waals surface area contributed by atoms with Crippen LogP contribution in [0.1, 0.15) is 32.6 Å². The van der Waals surface area contributed by atoms with E-state index in [9.17, 15) is 19.5 Å². The second-order valence-corrected chi connectivity index (χ2v) is 10.8. The zero-order valence-electron chi connectivity index (χ0n) is 18.6. The summed E-state index contributed by atoms with van der Waals surface area (Å²) in [5, 5.41) is 26.2. The minimum atomic E-state index is -1.44. The van der Waals surface area contributed by atoms with E-state index in [0.29, 0.717) is 18.4 Å². The molecule has 0 spiro atoms. The van der Waals surface area contributed by atoms with E-state index in [1.807, 2.05) is 0 Å². The van der Waals surface area contributed by atoms with Crippen LogP contribution >= 0.6 is 11.8 Å².